The molecule has 94 valence electrons. The molecule has 2 unspecified atom stereocenters. The Morgan fingerprint density at radius 3 is 3.12 bits per heavy atom. The molecule has 0 bridgehead atoms. The number of carbonyl (C=O) groups excluding carboxylic acids is 1. The van der Waals surface area contributed by atoms with Crippen LogP contribution in [0.4, 0.5) is 0 Å². The molecule has 2 atom stereocenters. The molecule has 5 nitrogen and oxygen atoms in total. The number of nitrogens with one attached hydrogen (secondary N) is 1. The maximum Gasteiger partial charge on any atom is 0.328 e. The number of likely N-dealkylation sites (tertiary alicyclic amines) is 1. The first-order valence-corrected chi connectivity index (χ1v) is 6.06. The minimum absolute atomic E-state index is 0.172. The van der Waals surface area contributed by atoms with Gasteiger partial charge in [-0.3, -0.25) is 9.69 Å². The van der Waals surface area contributed by atoms with Gasteiger partial charge in [0.1, 0.15) is 0 Å². The number of fused-ring (bicyclic) bond motifs is 1. The van der Waals surface area contributed by atoms with E-state index in [2.05, 4.69) is 10.2 Å². The second-order valence-electron chi connectivity index (χ2n) is 4.76. The number of carbonyl (C=O) groups is 2. The highest BCUT2D eigenvalue weighted by molar-refractivity contribution is 5.79. The SMILES string of the molecule is O=C(O)/C=C/CN1CCC2NC(=O)CCC2C1. The summed E-state index contributed by atoms with van der Waals surface area (Å²) in [5.41, 5.74) is 0. The van der Waals surface area contributed by atoms with Crippen LogP contribution < -0.4 is 5.32 Å². The first-order valence-electron chi connectivity index (χ1n) is 6.06. The molecule has 0 aromatic heterocycles. The summed E-state index contributed by atoms with van der Waals surface area (Å²) in [6, 6.07) is 0.330. The molecule has 1 amide bonds. The van der Waals surface area contributed by atoms with Gasteiger partial charge in [0.15, 0.2) is 0 Å². The summed E-state index contributed by atoms with van der Waals surface area (Å²) in [5, 5.41) is 11.5. The summed E-state index contributed by atoms with van der Waals surface area (Å²) in [6.07, 6.45) is 5.42. The molecule has 0 saturated carbocycles. The van der Waals surface area contributed by atoms with Gasteiger partial charge in [0.25, 0.3) is 0 Å². The van der Waals surface area contributed by atoms with Crippen LogP contribution >= 0.6 is 0 Å². The molecule has 0 aromatic rings. The summed E-state index contributed by atoms with van der Waals surface area (Å²) < 4.78 is 0. The highest BCUT2D eigenvalue weighted by Gasteiger charge is 2.33. The third kappa shape index (κ3) is 3.30. The van der Waals surface area contributed by atoms with Crippen LogP contribution in [0.3, 0.4) is 0 Å². The summed E-state index contributed by atoms with van der Waals surface area (Å²) in [4.78, 5) is 23.8. The number of hydrogen-bond acceptors (Lipinski definition) is 3. The molecule has 5 heteroatoms. The molecule has 17 heavy (non-hydrogen) atoms. The quantitative estimate of drug-likeness (QED) is 0.690. The lowest BCUT2D eigenvalue weighted by Gasteiger charge is -2.41. The van der Waals surface area contributed by atoms with Crippen molar-refractivity contribution in [2.45, 2.75) is 25.3 Å². The molecule has 0 aliphatic carbocycles. The van der Waals surface area contributed by atoms with Gasteiger partial charge in [-0.2, -0.15) is 0 Å². The molecular formula is C12H18N2O3. The monoisotopic (exact) mass is 238 g/mol. The number of nitrogens with zero attached hydrogens (tertiary/aromatic N) is 1. The predicted octanol–water partition coefficient (Wildman–Crippen LogP) is 0.228. The Balaban J connectivity index is 1.81. The Morgan fingerprint density at radius 1 is 1.53 bits per heavy atom. The van der Waals surface area contributed by atoms with Crippen LogP contribution in [0.25, 0.3) is 0 Å². The minimum atomic E-state index is -0.898. The number of aliphatic carboxylic acids is 1. The van der Waals surface area contributed by atoms with Crippen molar-refractivity contribution in [3.63, 3.8) is 0 Å². The lowest BCUT2D eigenvalue weighted by Crippen LogP contribution is -2.53. The fourth-order valence-corrected chi connectivity index (χ4v) is 2.65. The lowest BCUT2D eigenvalue weighted by atomic mass is 9.85. The maximum atomic E-state index is 11.2. The van der Waals surface area contributed by atoms with Crippen LogP contribution in [0.5, 0.6) is 0 Å². The van der Waals surface area contributed by atoms with Crippen LogP contribution in [-0.4, -0.2) is 47.6 Å². The zero-order valence-corrected chi connectivity index (χ0v) is 9.76. The molecule has 2 heterocycles. The fraction of sp³-hybridized carbons (Fsp3) is 0.667. The van der Waals surface area contributed by atoms with Gasteiger partial charge in [-0.25, -0.2) is 4.79 Å². The zero-order valence-electron chi connectivity index (χ0n) is 9.76. The molecule has 2 saturated heterocycles. The maximum absolute atomic E-state index is 11.2. The Labute approximate surface area is 100 Å². The smallest absolute Gasteiger partial charge is 0.328 e. The predicted molar refractivity (Wildman–Crippen MR) is 62.5 cm³/mol. The topological polar surface area (TPSA) is 69.6 Å². The zero-order chi connectivity index (χ0) is 12.3. The van der Waals surface area contributed by atoms with Gasteiger partial charge in [0.05, 0.1) is 0 Å². The van der Waals surface area contributed by atoms with E-state index in [9.17, 15) is 9.59 Å². The normalized spacial score (nSPS) is 30.0. The van der Waals surface area contributed by atoms with E-state index >= 15 is 0 Å². The number of amides is 1. The fourth-order valence-electron chi connectivity index (χ4n) is 2.65. The van der Waals surface area contributed by atoms with Crippen molar-refractivity contribution >= 4 is 11.9 Å². The Morgan fingerprint density at radius 2 is 2.35 bits per heavy atom. The highest BCUT2D eigenvalue weighted by atomic mass is 16.4. The van der Waals surface area contributed by atoms with Crippen molar-refractivity contribution in [3.05, 3.63) is 12.2 Å². The molecule has 2 N–H and O–H groups in total. The van der Waals surface area contributed by atoms with E-state index in [0.717, 1.165) is 25.9 Å². The number of carboxylic acid groups (broad SMARTS) is 1. The number of piperidine rings is 2. The van der Waals surface area contributed by atoms with Gasteiger partial charge in [-0.1, -0.05) is 6.08 Å². The molecular weight excluding hydrogens is 220 g/mol. The van der Waals surface area contributed by atoms with Crippen LogP contribution in [-0.2, 0) is 9.59 Å². The molecule has 0 radical (unpaired) electrons. The van der Waals surface area contributed by atoms with E-state index < -0.39 is 5.97 Å². The van der Waals surface area contributed by atoms with Crippen molar-refractivity contribution in [1.82, 2.24) is 10.2 Å². The van der Waals surface area contributed by atoms with Gasteiger partial charge >= 0.3 is 5.97 Å². The summed E-state index contributed by atoms with van der Waals surface area (Å²) in [7, 11) is 0. The number of carboxylic acids is 1. The summed E-state index contributed by atoms with van der Waals surface area (Å²) in [6.45, 7) is 2.56. The van der Waals surface area contributed by atoms with Crippen molar-refractivity contribution in [3.8, 4) is 0 Å². The van der Waals surface area contributed by atoms with Crippen molar-refractivity contribution < 1.29 is 14.7 Å². The van der Waals surface area contributed by atoms with E-state index in [1.807, 2.05) is 0 Å². The summed E-state index contributed by atoms with van der Waals surface area (Å²) in [5.74, 6) is -0.199. The number of rotatable bonds is 3. The van der Waals surface area contributed by atoms with Crippen LogP contribution in [0.2, 0.25) is 0 Å². The Kier molecular flexibility index (Phi) is 3.78. The van der Waals surface area contributed by atoms with Gasteiger partial charge < -0.3 is 10.4 Å². The number of hydrogen-bond donors (Lipinski definition) is 2. The van der Waals surface area contributed by atoms with E-state index in [-0.39, 0.29) is 5.91 Å². The van der Waals surface area contributed by atoms with Gasteiger partial charge in [0, 0.05) is 38.2 Å². The van der Waals surface area contributed by atoms with E-state index in [1.54, 1.807) is 6.08 Å². The molecule has 2 fully saturated rings. The van der Waals surface area contributed by atoms with Crippen molar-refractivity contribution in [2.24, 2.45) is 5.92 Å². The van der Waals surface area contributed by atoms with E-state index in [1.165, 1.54) is 6.08 Å². The van der Waals surface area contributed by atoms with E-state index in [0.29, 0.717) is 24.9 Å². The van der Waals surface area contributed by atoms with Crippen molar-refractivity contribution in [2.75, 3.05) is 19.6 Å². The van der Waals surface area contributed by atoms with E-state index in [4.69, 9.17) is 5.11 Å². The molecule has 2 aliphatic heterocycles. The second kappa shape index (κ2) is 5.31. The average Bonchev–Trinajstić information content (AvgIpc) is 2.29. The Hall–Kier alpha value is -1.36. The van der Waals surface area contributed by atoms with Gasteiger partial charge in [-0.05, 0) is 18.8 Å². The molecule has 0 aromatic carbocycles. The Bertz CT molecular complexity index is 341. The molecule has 2 rings (SSSR count). The minimum Gasteiger partial charge on any atom is -0.478 e. The first kappa shape index (κ1) is 12.1. The largest absolute Gasteiger partial charge is 0.478 e. The van der Waals surface area contributed by atoms with Crippen molar-refractivity contribution in [1.29, 1.82) is 0 Å². The summed E-state index contributed by atoms with van der Waals surface area (Å²) >= 11 is 0. The highest BCUT2D eigenvalue weighted by Crippen LogP contribution is 2.25. The molecule has 0 spiro atoms. The van der Waals surface area contributed by atoms with Crippen LogP contribution in [0, 0.1) is 5.92 Å². The lowest BCUT2D eigenvalue weighted by molar-refractivity contribution is -0.131. The van der Waals surface area contributed by atoms with Crippen LogP contribution in [0.15, 0.2) is 12.2 Å². The first-order chi connectivity index (χ1) is 8.15. The standard InChI is InChI=1S/C12H18N2O3/c15-11-4-3-9-8-14(6-1-2-12(16)17)7-5-10(9)13-11/h1-2,9-10H,3-8H2,(H,13,15)(H,16,17)/b2-1+. The van der Waals surface area contributed by atoms with Gasteiger partial charge in [0.2, 0.25) is 5.91 Å². The van der Waals surface area contributed by atoms with Crippen LogP contribution in [0.1, 0.15) is 19.3 Å². The molecule has 2 aliphatic rings. The van der Waals surface area contributed by atoms with Gasteiger partial charge in [-0.15, -0.1) is 0 Å². The second-order valence-corrected chi connectivity index (χ2v) is 4.76. The average molecular weight is 238 g/mol. The third-order valence-electron chi connectivity index (χ3n) is 3.53. The third-order valence-corrected chi connectivity index (χ3v) is 3.53.